The highest BCUT2D eigenvalue weighted by molar-refractivity contribution is 7.99. The zero-order valence-electron chi connectivity index (χ0n) is 33.7. The van der Waals surface area contributed by atoms with Crippen LogP contribution in [0.2, 0.25) is 0 Å². The highest BCUT2D eigenvalue weighted by Crippen LogP contribution is 2.63. The third-order valence-electron chi connectivity index (χ3n) is 12.6. The predicted molar refractivity (Wildman–Crippen MR) is 212 cm³/mol. The number of nitrogens with zero attached hydrogens (tertiary/aromatic N) is 2. The number of aromatic hydroxyl groups is 1. The number of methoxy groups -OCH3 is 2. The van der Waals surface area contributed by atoms with Gasteiger partial charge in [-0.25, -0.2) is 4.79 Å². The second kappa shape index (κ2) is 14.8. The molecule has 3 N–H and O–H groups in total. The molecule has 1 spiro atoms. The summed E-state index contributed by atoms with van der Waals surface area (Å²) in [6.45, 7) is 7.09. The molecule has 7 heterocycles. The summed E-state index contributed by atoms with van der Waals surface area (Å²) in [5.74, 6) is 0.805. The van der Waals surface area contributed by atoms with Gasteiger partial charge in [0.05, 0.1) is 37.6 Å². The van der Waals surface area contributed by atoms with E-state index in [0.717, 1.165) is 16.7 Å². The Kier molecular flexibility index (Phi) is 9.85. The van der Waals surface area contributed by atoms with Gasteiger partial charge in [-0.2, -0.15) is 5.26 Å². The van der Waals surface area contributed by atoms with Crippen molar-refractivity contribution >= 4 is 29.7 Å². The van der Waals surface area contributed by atoms with Crippen LogP contribution in [0, 0.1) is 25.2 Å². The first-order valence-electron chi connectivity index (χ1n) is 19.9. The fraction of sp³-hybridized carbons (Fsp3) is 0.488. The number of piperazine rings is 1. The van der Waals surface area contributed by atoms with Gasteiger partial charge in [-0.05, 0) is 67.5 Å². The molecule has 0 radical (unpaired) electrons. The molecular weight excluding hydrogens is 781 g/mol. The average molecular weight is 827 g/mol. The number of benzene rings is 3. The van der Waals surface area contributed by atoms with Crippen molar-refractivity contribution < 1.29 is 52.6 Å². The van der Waals surface area contributed by atoms with Crippen LogP contribution >= 0.6 is 11.8 Å². The van der Waals surface area contributed by atoms with Crippen molar-refractivity contribution in [3.8, 4) is 46.3 Å². The van der Waals surface area contributed by atoms with E-state index in [4.69, 9.17) is 33.2 Å². The van der Waals surface area contributed by atoms with Crippen LogP contribution in [0.4, 0.5) is 0 Å². The van der Waals surface area contributed by atoms with Gasteiger partial charge >= 0.3 is 17.9 Å². The fourth-order valence-electron chi connectivity index (χ4n) is 10.2. The molecule has 0 aliphatic carbocycles. The fourth-order valence-corrected chi connectivity index (χ4v) is 11.9. The first-order chi connectivity index (χ1) is 28.5. The third kappa shape index (κ3) is 5.91. The summed E-state index contributed by atoms with van der Waals surface area (Å²) in [6.07, 6.45) is 1.85. The number of rotatable bonds is 6. The van der Waals surface area contributed by atoms with Crippen LogP contribution in [0.5, 0.6) is 40.2 Å². The van der Waals surface area contributed by atoms with Gasteiger partial charge < -0.3 is 43.6 Å². The lowest BCUT2D eigenvalue weighted by molar-refractivity contribution is -0.155. The Hall–Kier alpha value is -5.21. The first kappa shape index (κ1) is 39.3. The monoisotopic (exact) mass is 826 g/mol. The van der Waals surface area contributed by atoms with Gasteiger partial charge in [0.2, 0.25) is 6.79 Å². The molecule has 7 aliphatic heterocycles. The van der Waals surface area contributed by atoms with E-state index in [1.807, 2.05) is 26.8 Å². The average Bonchev–Trinajstić information content (AvgIpc) is 3.70. The molecule has 0 aromatic heterocycles. The Morgan fingerprint density at radius 3 is 2.56 bits per heavy atom. The predicted octanol–water partition coefficient (Wildman–Crippen LogP) is 4.64. The Bertz CT molecular complexity index is 2350. The van der Waals surface area contributed by atoms with Crippen LogP contribution in [0.15, 0.2) is 18.2 Å². The highest BCUT2D eigenvalue weighted by Gasteiger charge is 2.60. The molecule has 16 heteroatoms. The van der Waals surface area contributed by atoms with E-state index in [2.05, 4.69) is 21.6 Å². The molecule has 59 heavy (non-hydrogen) atoms. The van der Waals surface area contributed by atoms with Gasteiger partial charge in [0, 0.05) is 60.0 Å². The number of phenols is 1. The van der Waals surface area contributed by atoms with Crippen LogP contribution in [-0.4, -0.2) is 86.0 Å². The topological polar surface area (TPSA) is 187 Å². The van der Waals surface area contributed by atoms with Gasteiger partial charge in [0.15, 0.2) is 40.0 Å². The first-order valence-corrected chi connectivity index (χ1v) is 20.9. The Balaban J connectivity index is 1.27. The number of esters is 3. The molecule has 2 fully saturated rings. The molecule has 7 atom stereocenters. The maximum Gasteiger partial charge on any atom is 0.331 e. The summed E-state index contributed by atoms with van der Waals surface area (Å²) in [6, 6.07) is 5.16. The minimum Gasteiger partial charge on any atom is -0.504 e. The lowest BCUT2D eigenvalue weighted by Crippen LogP contribution is -2.69. The highest BCUT2D eigenvalue weighted by atomic mass is 32.2. The number of fused-ring (bicyclic) bond motifs is 9. The summed E-state index contributed by atoms with van der Waals surface area (Å²) in [5, 5.41) is 29.7. The number of aryl methyl sites for hydroxylation is 1. The molecule has 0 amide bonds. The minimum atomic E-state index is -1.40. The van der Waals surface area contributed by atoms with Crippen LogP contribution < -0.4 is 39.1 Å². The van der Waals surface area contributed by atoms with Crippen molar-refractivity contribution in [1.29, 1.82) is 5.26 Å². The Labute approximate surface area is 345 Å². The number of carbonyl (C=O) groups is 3. The van der Waals surface area contributed by atoms with Crippen LogP contribution in [0.3, 0.4) is 0 Å². The number of ether oxygens (including phenoxy) is 7. The molecular formula is C43H46N4O11S. The lowest BCUT2D eigenvalue weighted by atomic mass is 9.72. The molecule has 10 rings (SSSR count). The largest absolute Gasteiger partial charge is 0.504 e. The summed E-state index contributed by atoms with van der Waals surface area (Å²) in [5.41, 5.74) is 4.23. The van der Waals surface area contributed by atoms with Crippen molar-refractivity contribution in [3.63, 3.8) is 0 Å². The number of carbonyl (C=O) groups excluding carboxylic acids is 3. The normalized spacial score (nSPS) is 27.3. The Morgan fingerprint density at radius 1 is 1.03 bits per heavy atom. The van der Waals surface area contributed by atoms with E-state index >= 15 is 0 Å². The Morgan fingerprint density at radius 2 is 1.83 bits per heavy atom. The van der Waals surface area contributed by atoms with E-state index in [1.165, 1.54) is 32.9 Å². The second-order valence-corrected chi connectivity index (χ2v) is 17.0. The van der Waals surface area contributed by atoms with E-state index in [9.17, 15) is 24.8 Å². The van der Waals surface area contributed by atoms with Crippen molar-refractivity contribution in [2.75, 3.05) is 39.9 Å². The smallest absolute Gasteiger partial charge is 0.331 e. The van der Waals surface area contributed by atoms with Crippen LogP contribution in [0.1, 0.15) is 88.5 Å². The zero-order chi connectivity index (χ0) is 41.5. The molecule has 3 aromatic rings. The molecule has 310 valence electrons. The molecule has 0 saturated carbocycles. The van der Waals surface area contributed by atoms with Gasteiger partial charge in [-0.3, -0.25) is 19.8 Å². The number of nitrogens with one attached hydrogen (secondary N) is 2. The van der Waals surface area contributed by atoms with E-state index < -0.39 is 46.9 Å². The van der Waals surface area contributed by atoms with E-state index in [0.29, 0.717) is 82.4 Å². The van der Waals surface area contributed by atoms with E-state index in [-0.39, 0.29) is 49.1 Å². The molecule has 15 nitrogen and oxygen atoms in total. The van der Waals surface area contributed by atoms with Crippen molar-refractivity contribution in [3.05, 3.63) is 62.7 Å². The second-order valence-electron chi connectivity index (χ2n) is 15.9. The summed E-state index contributed by atoms with van der Waals surface area (Å²) >= 11 is 1.46. The maximum absolute atomic E-state index is 14.9. The van der Waals surface area contributed by atoms with Crippen LogP contribution in [0.25, 0.3) is 0 Å². The van der Waals surface area contributed by atoms with Crippen molar-refractivity contribution in [1.82, 2.24) is 15.5 Å². The zero-order valence-corrected chi connectivity index (χ0v) is 34.5. The number of hydrogen-bond donors (Lipinski definition) is 3. The number of hydrogen-bond acceptors (Lipinski definition) is 16. The third-order valence-corrected chi connectivity index (χ3v) is 14.1. The number of phenolic OH excluding ortho intramolecular Hbond substituents is 1. The summed E-state index contributed by atoms with van der Waals surface area (Å²) in [7, 11) is 3.01. The van der Waals surface area contributed by atoms with Crippen LogP contribution in [-0.2, 0) is 37.5 Å². The van der Waals surface area contributed by atoms with Gasteiger partial charge in [-0.1, -0.05) is 13.0 Å². The molecule has 7 aliphatic rings. The van der Waals surface area contributed by atoms with Gasteiger partial charge in [0.25, 0.3) is 0 Å². The standard InChI is InChI=1S/C43H46N4O11S/c1-7-8-30(49)58-29-13-22-9-10-45-43(24(22)14-28(29)52-5)17-59-41-33-32(40-39(55-18-56-40)20(3)38(33)57-21(4)48)27(16-54-42(43)51)47-26(15-44)25-12-23-11-19(2)37(53-6)36(50)31(23)34(46-25)35(41)47/h11,13-14,25-27,34-35,41,45-46,50H,7-10,12,16-18H2,1-6H3/t25-,26-,27-,34+,35?,41+,43+/m0/s1. The summed E-state index contributed by atoms with van der Waals surface area (Å²) < 4.78 is 42.1. The number of thioether (sulfide) groups is 1. The molecule has 4 bridgehead atoms. The van der Waals surface area contributed by atoms with Gasteiger partial charge in [0.1, 0.15) is 18.4 Å². The maximum atomic E-state index is 14.9. The SMILES string of the molecule is CCCC(=O)Oc1cc2c(cc1OC)[C@@]1(CS[C@@H]3c4c(OC(C)=O)c(C)c5c(c4[C@H](COC1=O)N1C3[C@@H]3N[C@@H](Cc4cc(C)c(OC)c(O)c43)[C@@H]1C#N)OCO5)NCC2. The number of nitriles is 1. The molecule has 1 unspecified atom stereocenters. The summed E-state index contributed by atoms with van der Waals surface area (Å²) in [4.78, 5) is 42.7. The van der Waals surface area contributed by atoms with Gasteiger partial charge in [-0.15, -0.1) is 11.8 Å². The molecule has 2 saturated heterocycles. The van der Waals surface area contributed by atoms with Crippen molar-refractivity contribution in [2.45, 2.75) is 94.4 Å². The lowest BCUT2D eigenvalue weighted by Gasteiger charge is -2.59. The van der Waals surface area contributed by atoms with E-state index in [1.54, 1.807) is 12.1 Å². The quantitative estimate of drug-likeness (QED) is 0.230. The van der Waals surface area contributed by atoms with Crippen molar-refractivity contribution in [2.24, 2.45) is 0 Å². The molecule has 3 aromatic carbocycles. The minimum absolute atomic E-state index is 0.0161.